The third-order valence-corrected chi connectivity index (χ3v) is 5.73. The van der Waals surface area contributed by atoms with Crippen LogP contribution in [0.3, 0.4) is 0 Å². The van der Waals surface area contributed by atoms with Crippen molar-refractivity contribution in [3.05, 3.63) is 12.8 Å². The van der Waals surface area contributed by atoms with Gasteiger partial charge in [0.15, 0.2) is 0 Å². The lowest BCUT2D eigenvalue weighted by atomic mass is 9.69. The van der Waals surface area contributed by atoms with Gasteiger partial charge in [-0.25, -0.2) is 0 Å². The Balaban J connectivity index is 1.89. The van der Waals surface area contributed by atoms with Gasteiger partial charge >= 0.3 is 0 Å². The molecule has 0 saturated heterocycles. The molecule has 98 valence electrons. The molecule has 2 aliphatic rings. The normalized spacial score (nSPS) is 48.7. The fourth-order valence-corrected chi connectivity index (χ4v) is 3.67. The topological polar surface area (TPSA) is 0 Å². The highest BCUT2D eigenvalue weighted by Gasteiger charge is 2.32. The van der Waals surface area contributed by atoms with Gasteiger partial charge in [0.1, 0.15) is 0 Å². The highest BCUT2D eigenvalue weighted by molar-refractivity contribution is 4.96. The molecule has 0 aromatic carbocycles. The van der Waals surface area contributed by atoms with E-state index < -0.39 is 0 Å². The molecule has 0 N–H and O–H groups in total. The Hall–Kier alpha value is 0. The third-order valence-electron chi connectivity index (χ3n) is 5.73. The summed E-state index contributed by atoms with van der Waals surface area (Å²) in [7, 11) is 0. The molecule has 2 aliphatic carbocycles. The minimum atomic E-state index is 0.816. The smallest absolute Gasteiger partial charge is 0.0349 e. The summed E-state index contributed by atoms with van der Waals surface area (Å²) in [6.07, 6.45) is 12.4. The first-order chi connectivity index (χ1) is 8.08. The molecule has 0 bridgehead atoms. The summed E-state index contributed by atoms with van der Waals surface area (Å²) in [5, 5.41) is 0. The maximum absolute atomic E-state index is 2.66. The Bertz CT molecular complexity index is 220. The molecule has 0 nitrogen and oxygen atoms in total. The summed E-state index contributed by atoms with van der Waals surface area (Å²) in [6.45, 7) is 9.70. The van der Waals surface area contributed by atoms with Crippen molar-refractivity contribution in [3.63, 3.8) is 0 Å². The van der Waals surface area contributed by atoms with Crippen LogP contribution in [-0.2, 0) is 0 Å². The van der Waals surface area contributed by atoms with E-state index >= 15 is 0 Å². The quantitative estimate of drug-likeness (QED) is 0.550. The van der Waals surface area contributed by atoms with Crippen molar-refractivity contribution in [2.24, 2.45) is 35.5 Å². The largest absolute Gasteiger partial charge is 0.0623 e. The monoisotopic (exact) mass is 234 g/mol. The van der Waals surface area contributed by atoms with Gasteiger partial charge in [-0.15, -0.1) is 0 Å². The first kappa shape index (κ1) is 13.4. The second-order valence-electron chi connectivity index (χ2n) is 6.97. The zero-order valence-corrected chi connectivity index (χ0v) is 12.2. The molecule has 2 saturated carbocycles. The SMILES string of the molecule is CC1[CH]CC(C2CCC(C)C(C)C2)[CH]CC1C. The molecule has 2 rings (SSSR count). The standard InChI is InChI=1S/C17H30/c1-12-5-8-16(9-6-13(12)2)17-10-7-14(3)15(4)11-17/h5,9,12-17H,6-8,10-11H2,1-4H3. The van der Waals surface area contributed by atoms with Gasteiger partial charge in [-0.1, -0.05) is 34.1 Å². The highest BCUT2D eigenvalue weighted by atomic mass is 14.4. The summed E-state index contributed by atoms with van der Waals surface area (Å²) in [4.78, 5) is 0. The summed E-state index contributed by atoms with van der Waals surface area (Å²) in [5.74, 6) is 5.45. The van der Waals surface area contributed by atoms with E-state index in [4.69, 9.17) is 0 Å². The Morgan fingerprint density at radius 2 is 1.53 bits per heavy atom. The lowest BCUT2D eigenvalue weighted by Crippen LogP contribution is -2.26. The van der Waals surface area contributed by atoms with Crippen LogP contribution in [0, 0.1) is 48.3 Å². The van der Waals surface area contributed by atoms with Crippen molar-refractivity contribution in [1.29, 1.82) is 0 Å². The molecule has 0 aromatic rings. The van der Waals surface area contributed by atoms with Crippen LogP contribution in [0.25, 0.3) is 0 Å². The van der Waals surface area contributed by atoms with Crippen LogP contribution in [0.4, 0.5) is 0 Å². The molecule has 0 amide bonds. The molecule has 0 aromatic heterocycles. The Morgan fingerprint density at radius 3 is 2.24 bits per heavy atom. The van der Waals surface area contributed by atoms with Crippen molar-refractivity contribution < 1.29 is 0 Å². The van der Waals surface area contributed by atoms with Crippen molar-refractivity contribution in [3.8, 4) is 0 Å². The van der Waals surface area contributed by atoms with E-state index in [1.807, 2.05) is 0 Å². The van der Waals surface area contributed by atoms with Crippen LogP contribution in [0.15, 0.2) is 0 Å². The zero-order valence-electron chi connectivity index (χ0n) is 12.2. The van der Waals surface area contributed by atoms with Crippen LogP contribution in [0.2, 0.25) is 0 Å². The van der Waals surface area contributed by atoms with E-state index in [-0.39, 0.29) is 0 Å². The lowest BCUT2D eigenvalue weighted by molar-refractivity contribution is 0.167. The summed E-state index contributed by atoms with van der Waals surface area (Å²) >= 11 is 0. The Labute approximate surface area is 109 Å². The third kappa shape index (κ3) is 3.26. The molecule has 0 heteroatoms. The van der Waals surface area contributed by atoms with Gasteiger partial charge in [-0.05, 0) is 74.0 Å². The fourth-order valence-electron chi connectivity index (χ4n) is 3.67. The Morgan fingerprint density at radius 1 is 0.765 bits per heavy atom. The zero-order chi connectivity index (χ0) is 12.4. The molecule has 17 heavy (non-hydrogen) atoms. The molecule has 2 radical (unpaired) electrons. The lowest BCUT2D eigenvalue weighted by Gasteiger charge is -2.36. The fraction of sp³-hybridized carbons (Fsp3) is 0.882. The van der Waals surface area contributed by atoms with Gasteiger partial charge in [0.2, 0.25) is 0 Å². The van der Waals surface area contributed by atoms with Crippen LogP contribution < -0.4 is 0 Å². The average molecular weight is 234 g/mol. The molecular weight excluding hydrogens is 204 g/mol. The van der Waals surface area contributed by atoms with E-state index in [0.717, 1.165) is 35.5 Å². The first-order valence-corrected chi connectivity index (χ1v) is 7.74. The number of hydrogen-bond donors (Lipinski definition) is 0. The minimum Gasteiger partial charge on any atom is -0.0623 e. The van der Waals surface area contributed by atoms with Gasteiger partial charge in [-0.2, -0.15) is 0 Å². The molecule has 6 unspecified atom stereocenters. The predicted molar refractivity (Wildman–Crippen MR) is 75.3 cm³/mol. The molecule has 0 heterocycles. The van der Waals surface area contributed by atoms with Gasteiger partial charge in [0.25, 0.3) is 0 Å². The second kappa shape index (κ2) is 5.76. The van der Waals surface area contributed by atoms with E-state index in [1.165, 1.54) is 32.1 Å². The number of rotatable bonds is 1. The summed E-state index contributed by atoms with van der Waals surface area (Å²) < 4.78 is 0. The van der Waals surface area contributed by atoms with E-state index in [2.05, 4.69) is 40.5 Å². The molecule has 0 spiro atoms. The van der Waals surface area contributed by atoms with Gasteiger partial charge < -0.3 is 0 Å². The molecule has 6 atom stereocenters. The summed E-state index contributed by atoms with van der Waals surface area (Å²) in [5.41, 5.74) is 0. The van der Waals surface area contributed by atoms with Crippen LogP contribution in [-0.4, -0.2) is 0 Å². The second-order valence-corrected chi connectivity index (χ2v) is 6.97. The van der Waals surface area contributed by atoms with Crippen molar-refractivity contribution in [2.45, 2.75) is 59.8 Å². The highest BCUT2D eigenvalue weighted by Crippen LogP contribution is 2.42. The van der Waals surface area contributed by atoms with Gasteiger partial charge in [-0.3, -0.25) is 0 Å². The first-order valence-electron chi connectivity index (χ1n) is 7.74. The van der Waals surface area contributed by atoms with Crippen molar-refractivity contribution >= 4 is 0 Å². The van der Waals surface area contributed by atoms with Crippen LogP contribution in [0.5, 0.6) is 0 Å². The van der Waals surface area contributed by atoms with E-state index in [9.17, 15) is 0 Å². The van der Waals surface area contributed by atoms with E-state index in [0.29, 0.717) is 0 Å². The van der Waals surface area contributed by atoms with Crippen LogP contribution >= 0.6 is 0 Å². The molecule has 0 aliphatic heterocycles. The van der Waals surface area contributed by atoms with Gasteiger partial charge in [0.05, 0.1) is 0 Å². The van der Waals surface area contributed by atoms with Crippen LogP contribution in [0.1, 0.15) is 59.8 Å². The average Bonchev–Trinajstić information content (AvgIpc) is 2.47. The molecule has 2 fully saturated rings. The van der Waals surface area contributed by atoms with Gasteiger partial charge in [0, 0.05) is 0 Å². The minimum absolute atomic E-state index is 0.816. The van der Waals surface area contributed by atoms with Crippen molar-refractivity contribution in [1.82, 2.24) is 0 Å². The summed E-state index contributed by atoms with van der Waals surface area (Å²) in [6, 6.07) is 0. The maximum atomic E-state index is 2.66. The predicted octanol–water partition coefficient (Wildman–Crippen LogP) is 5.15. The molecular formula is C17H30. The number of hydrogen-bond acceptors (Lipinski definition) is 0. The van der Waals surface area contributed by atoms with E-state index in [1.54, 1.807) is 0 Å². The van der Waals surface area contributed by atoms with Crippen molar-refractivity contribution in [2.75, 3.05) is 0 Å². The maximum Gasteiger partial charge on any atom is -0.0349 e. The Kier molecular flexibility index (Phi) is 4.55.